The van der Waals surface area contributed by atoms with E-state index in [0.29, 0.717) is 11.1 Å². The van der Waals surface area contributed by atoms with E-state index in [4.69, 9.17) is 0 Å². The van der Waals surface area contributed by atoms with Gasteiger partial charge in [-0.3, -0.25) is 9.59 Å². The van der Waals surface area contributed by atoms with E-state index in [0.717, 1.165) is 35.3 Å². The van der Waals surface area contributed by atoms with Gasteiger partial charge in [0.15, 0.2) is 5.16 Å². The molecule has 6 heteroatoms. The topological polar surface area (TPSA) is 74.8 Å². The molecule has 1 amide bonds. The fraction of sp³-hybridized carbons (Fsp3) is 0.421. The Morgan fingerprint density at radius 3 is 2.80 bits per heavy atom. The maximum Gasteiger partial charge on any atom is 0.251 e. The second kappa shape index (κ2) is 8.85. The lowest BCUT2D eigenvalue weighted by atomic mass is 9.98. The summed E-state index contributed by atoms with van der Waals surface area (Å²) < 4.78 is 0. The monoisotopic (exact) mass is 359 g/mol. The third kappa shape index (κ3) is 5.46. The molecule has 0 aliphatic heterocycles. The number of amides is 1. The highest BCUT2D eigenvalue weighted by Crippen LogP contribution is 2.27. The quantitative estimate of drug-likeness (QED) is 0.581. The summed E-state index contributed by atoms with van der Waals surface area (Å²) in [4.78, 5) is 31.1. The lowest BCUT2D eigenvalue weighted by molar-refractivity contribution is -0.113. The maximum absolute atomic E-state index is 12.4. The number of anilines is 1. The average Bonchev–Trinajstić information content (AvgIpc) is 2.54. The highest BCUT2D eigenvalue weighted by Gasteiger charge is 2.13. The van der Waals surface area contributed by atoms with Gasteiger partial charge in [-0.15, -0.1) is 0 Å². The molecule has 0 unspecified atom stereocenters. The molecule has 2 aromatic rings. The molecule has 1 aromatic carbocycles. The Bertz CT molecular complexity index is 799. The Labute approximate surface area is 152 Å². The summed E-state index contributed by atoms with van der Waals surface area (Å²) in [5.74, 6) is 0.418. The smallest absolute Gasteiger partial charge is 0.251 e. The molecule has 0 atom stereocenters. The molecule has 134 valence electrons. The van der Waals surface area contributed by atoms with Crippen LogP contribution in [0.4, 0.5) is 5.69 Å². The van der Waals surface area contributed by atoms with Gasteiger partial charge >= 0.3 is 0 Å². The predicted molar refractivity (Wildman–Crippen MR) is 103 cm³/mol. The zero-order valence-electron chi connectivity index (χ0n) is 15.2. The first-order valence-corrected chi connectivity index (χ1v) is 9.51. The molecular weight excluding hydrogens is 334 g/mol. The van der Waals surface area contributed by atoms with Crippen LogP contribution in [0.2, 0.25) is 0 Å². The number of rotatable bonds is 7. The van der Waals surface area contributed by atoms with Crippen molar-refractivity contribution in [3.05, 3.63) is 51.4 Å². The van der Waals surface area contributed by atoms with Crippen molar-refractivity contribution in [1.82, 2.24) is 9.97 Å². The van der Waals surface area contributed by atoms with Crippen LogP contribution in [-0.4, -0.2) is 21.6 Å². The van der Waals surface area contributed by atoms with Crippen molar-refractivity contribution < 1.29 is 4.79 Å². The zero-order chi connectivity index (χ0) is 18.4. The second-order valence-corrected chi connectivity index (χ2v) is 7.29. The fourth-order valence-electron chi connectivity index (χ4n) is 2.59. The predicted octanol–water partition coefficient (Wildman–Crippen LogP) is 3.89. The van der Waals surface area contributed by atoms with E-state index < -0.39 is 0 Å². The minimum absolute atomic E-state index is 0.107. The van der Waals surface area contributed by atoms with Crippen LogP contribution in [0.25, 0.3) is 0 Å². The molecule has 0 saturated heterocycles. The van der Waals surface area contributed by atoms with Gasteiger partial charge in [-0.25, -0.2) is 4.98 Å². The normalized spacial score (nSPS) is 10.9. The van der Waals surface area contributed by atoms with Gasteiger partial charge in [0.1, 0.15) is 0 Å². The van der Waals surface area contributed by atoms with Gasteiger partial charge in [-0.05, 0) is 30.4 Å². The van der Waals surface area contributed by atoms with Crippen LogP contribution >= 0.6 is 11.8 Å². The number of nitrogens with one attached hydrogen (secondary N) is 2. The molecule has 25 heavy (non-hydrogen) atoms. The van der Waals surface area contributed by atoms with Crippen molar-refractivity contribution in [2.24, 2.45) is 0 Å². The Morgan fingerprint density at radius 1 is 1.36 bits per heavy atom. The number of aromatic nitrogens is 2. The number of aryl methyl sites for hydroxylation is 2. The molecule has 0 aliphatic rings. The SMILES string of the molecule is CCCc1cc(=O)[nH]c(SCC(=O)Nc2c(C)cccc2C(C)C)n1. The van der Waals surface area contributed by atoms with Crippen LogP contribution in [0.3, 0.4) is 0 Å². The average molecular weight is 359 g/mol. The molecule has 5 nitrogen and oxygen atoms in total. The van der Waals surface area contributed by atoms with Gasteiger partial charge in [0.25, 0.3) is 5.56 Å². The number of hydrogen-bond donors (Lipinski definition) is 2. The van der Waals surface area contributed by atoms with Crippen molar-refractivity contribution >= 4 is 23.4 Å². The number of H-pyrrole nitrogens is 1. The van der Waals surface area contributed by atoms with Gasteiger partial charge < -0.3 is 10.3 Å². The highest BCUT2D eigenvalue weighted by atomic mass is 32.2. The van der Waals surface area contributed by atoms with Gasteiger partial charge in [0.05, 0.1) is 5.75 Å². The first-order valence-electron chi connectivity index (χ1n) is 8.53. The van der Waals surface area contributed by atoms with Crippen LogP contribution in [0, 0.1) is 6.92 Å². The van der Waals surface area contributed by atoms with Crippen molar-refractivity contribution in [2.75, 3.05) is 11.1 Å². The second-order valence-electron chi connectivity index (χ2n) is 6.32. The van der Waals surface area contributed by atoms with E-state index in [2.05, 4.69) is 29.1 Å². The third-order valence-corrected chi connectivity index (χ3v) is 4.68. The Morgan fingerprint density at radius 2 is 2.12 bits per heavy atom. The van der Waals surface area contributed by atoms with Crippen molar-refractivity contribution in [2.45, 2.75) is 51.6 Å². The molecular formula is C19H25N3O2S. The molecule has 1 heterocycles. The molecule has 2 rings (SSSR count). The molecule has 1 aromatic heterocycles. The molecule has 0 aliphatic carbocycles. The summed E-state index contributed by atoms with van der Waals surface area (Å²) in [6.45, 7) is 8.24. The highest BCUT2D eigenvalue weighted by molar-refractivity contribution is 7.99. The number of thioether (sulfide) groups is 1. The molecule has 0 saturated carbocycles. The van der Waals surface area contributed by atoms with E-state index in [-0.39, 0.29) is 17.2 Å². The summed E-state index contributed by atoms with van der Waals surface area (Å²) in [6.07, 6.45) is 1.68. The van der Waals surface area contributed by atoms with Gasteiger partial charge in [0.2, 0.25) is 5.91 Å². The standard InChI is InChI=1S/C19H25N3O2S/c1-5-7-14-10-16(23)22-19(20-14)25-11-17(24)21-18-13(4)8-6-9-15(18)12(2)3/h6,8-10,12H,5,7,11H2,1-4H3,(H,21,24)(H,20,22,23). The third-order valence-electron chi connectivity index (χ3n) is 3.81. The first-order chi connectivity index (χ1) is 11.9. The summed E-state index contributed by atoms with van der Waals surface area (Å²) in [5, 5.41) is 3.49. The Kier molecular flexibility index (Phi) is 6.82. The molecule has 2 N–H and O–H groups in total. The minimum atomic E-state index is -0.178. The van der Waals surface area contributed by atoms with Crippen LogP contribution in [-0.2, 0) is 11.2 Å². The molecule has 0 fully saturated rings. The number of carbonyl (C=O) groups excluding carboxylic acids is 1. The van der Waals surface area contributed by atoms with Crippen LogP contribution in [0.5, 0.6) is 0 Å². The number of hydrogen-bond acceptors (Lipinski definition) is 4. The number of benzene rings is 1. The van der Waals surface area contributed by atoms with Crippen LogP contribution in [0.15, 0.2) is 34.2 Å². The Balaban J connectivity index is 2.06. The number of para-hydroxylation sites is 1. The van der Waals surface area contributed by atoms with Crippen LogP contribution < -0.4 is 10.9 Å². The molecule has 0 bridgehead atoms. The van der Waals surface area contributed by atoms with Gasteiger partial charge in [-0.2, -0.15) is 0 Å². The van der Waals surface area contributed by atoms with E-state index >= 15 is 0 Å². The van der Waals surface area contributed by atoms with E-state index in [1.54, 1.807) is 0 Å². The fourth-order valence-corrected chi connectivity index (χ4v) is 3.28. The van der Waals surface area contributed by atoms with E-state index in [1.807, 2.05) is 32.0 Å². The molecule has 0 radical (unpaired) electrons. The van der Waals surface area contributed by atoms with E-state index in [1.165, 1.54) is 17.8 Å². The minimum Gasteiger partial charge on any atom is -0.325 e. The number of aromatic amines is 1. The van der Waals surface area contributed by atoms with E-state index in [9.17, 15) is 9.59 Å². The van der Waals surface area contributed by atoms with Gasteiger partial charge in [0, 0.05) is 17.4 Å². The maximum atomic E-state index is 12.4. The number of nitrogens with zero attached hydrogens (tertiary/aromatic N) is 1. The largest absolute Gasteiger partial charge is 0.325 e. The summed E-state index contributed by atoms with van der Waals surface area (Å²) in [5.41, 5.74) is 3.62. The van der Waals surface area contributed by atoms with Crippen molar-refractivity contribution in [3.8, 4) is 0 Å². The van der Waals surface area contributed by atoms with Crippen LogP contribution in [0.1, 0.15) is 49.9 Å². The molecule has 0 spiro atoms. The first kappa shape index (κ1) is 19.2. The van der Waals surface area contributed by atoms with Crippen molar-refractivity contribution in [3.63, 3.8) is 0 Å². The number of carbonyl (C=O) groups is 1. The Hall–Kier alpha value is -2.08. The lowest BCUT2D eigenvalue weighted by Gasteiger charge is -2.16. The van der Waals surface area contributed by atoms with Gasteiger partial charge in [-0.1, -0.05) is 57.2 Å². The summed E-state index contributed by atoms with van der Waals surface area (Å²) >= 11 is 1.24. The summed E-state index contributed by atoms with van der Waals surface area (Å²) in [7, 11) is 0. The van der Waals surface area contributed by atoms with Crippen molar-refractivity contribution in [1.29, 1.82) is 0 Å². The zero-order valence-corrected chi connectivity index (χ0v) is 16.0. The lowest BCUT2D eigenvalue weighted by Crippen LogP contribution is -2.17. The summed E-state index contributed by atoms with van der Waals surface area (Å²) in [6, 6.07) is 7.54.